The van der Waals surface area contributed by atoms with E-state index in [1.807, 2.05) is 65.0 Å². The maximum atomic E-state index is 12.1. The first-order valence-corrected chi connectivity index (χ1v) is 9.63. The van der Waals surface area contributed by atoms with Gasteiger partial charge in [-0.3, -0.25) is 4.79 Å². The Morgan fingerprint density at radius 2 is 1.85 bits per heavy atom. The molecule has 0 aliphatic carbocycles. The lowest BCUT2D eigenvalue weighted by atomic mass is 9.81. The molecule has 1 aliphatic heterocycles. The lowest BCUT2D eigenvalue weighted by Gasteiger charge is -2.42. The number of carbonyl (C=O) groups excluding carboxylic acids is 1. The van der Waals surface area contributed by atoms with E-state index in [-0.39, 0.29) is 11.2 Å². The Balaban J connectivity index is 2.13. The number of benzene rings is 1. The van der Waals surface area contributed by atoms with Gasteiger partial charge in [0.05, 0.1) is 13.2 Å². The Morgan fingerprint density at radius 3 is 2.44 bits per heavy atom. The Hall–Kier alpha value is -1.60. The molecule has 1 aliphatic rings. The summed E-state index contributed by atoms with van der Waals surface area (Å²) >= 11 is 6.22. The quantitative estimate of drug-likeness (QED) is 0.503. The van der Waals surface area contributed by atoms with Gasteiger partial charge in [0.15, 0.2) is 5.79 Å². The minimum Gasteiger partial charge on any atom is -0.350 e. The van der Waals surface area contributed by atoms with E-state index in [2.05, 4.69) is 17.9 Å². The highest BCUT2D eigenvalue weighted by Crippen LogP contribution is 2.36. The smallest absolute Gasteiger partial charge is 0.210 e. The fraction of sp³-hybridized carbons (Fsp3) is 0.522. The van der Waals surface area contributed by atoms with Crippen LogP contribution in [0.4, 0.5) is 0 Å². The van der Waals surface area contributed by atoms with E-state index in [9.17, 15) is 4.79 Å². The molecular weight excluding hydrogens is 360 g/mol. The van der Waals surface area contributed by atoms with E-state index >= 15 is 0 Å². The number of Topliss-reactive ketones (excluding diaryl/α,β-unsaturated/α-hetero) is 1. The summed E-state index contributed by atoms with van der Waals surface area (Å²) in [6.07, 6.45) is 5.36. The maximum Gasteiger partial charge on any atom is 0.210 e. The van der Waals surface area contributed by atoms with Crippen LogP contribution in [0.2, 0.25) is 5.02 Å². The molecule has 1 fully saturated rings. The molecule has 1 heterocycles. The first kappa shape index (κ1) is 21.7. The highest BCUT2D eigenvalue weighted by molar-refractivity contribution is 6.32. The van der Waals surface area contributed by atoms with Crippen LogP contribution in [0, 0.1) is 22.7 Å². The number of hydrogen-bond donors (Lipinski definition) is 0. The normalized spacial score (nSPS) is 18.7. The summed E-state index contributed by atoms with van der Waals surface area (Å²) in [6, 6.07) is 7.72. The van der Waals surface area contributed by atoms with E-state index in [0.29, 0.717) is 19.6 Å². The van der Waals surface area contributed by atoms with Crippen molar-refractivity contribution in [3.05, 3.63) is 40.9 Å². The molecule has 0 atom stereocenters. The molecule has 1 aromatic rings. The van der Waals surface area contributed by atoms with Crippen LogP contribution >= 0.6 is 11.6 Å². The predicted octanol–water partition coefficient (Wildman–Crippen LogP) is 5.52. The minimum atomic E-state index is -0.593. The number of carbonyl (C=O) groups is 1. The highest BCUT2D eigenvalue weighted by Gasteiger charge is 2.39. The number of rotatable bonds is 4. The van der Waals surface area contributed by atoms with Gasteiger partial charge in [0.25, 0.3) is 0 Å². The molecule has 146 valence electrons. The SMILES string of the molecule is CC1(C)OCC(CC#CC(=O)C(C)(C)C)(CC=Cc2ccccc2Cl)CO1. The zero-order valence-corrected chi connectivity index (χ0v) is 17.7. The Labute approximate surface area is 168 Å². The van der Waals surface area contributed by atoms with Crippen LogP contribution in [0.25, 0.3) is 6.08 Å². The Morgan fingerprint density at radius 1 is 1.22 bits per heavy atom. The second kappa shape index (κ2) is 8.61. The standard InChI is InChI=1S/C23H29ClO3/c1-21(2,3)20(25)13-9-15-23(16-26-22(4,5)27-17-23)14-8-11-18-10-6-7-12-19(18)24/h6-8,10-12H,14-17H2,1-5H3. The molecule has 3 nitrogen and oxygen atoms in total. The van der Waals surface area contributed by atoms with Crippen molar-refractivity contribution in [1.82, 2.24) is 0 Å². The monoisotopic (exact) mass is 388 g/mol. The van der Waals surface area contributed by atoms with Crippen LogP contribution in [0.3, 0.4) is 0 Å². The van der Waals surface area contributed by atoms with Crippen molar-refractivity contribution >= 4 is 23.5 Å². The van der Waals surface area contributed by atoms with Crippen molar-refractivity contribution in [1.29, 1.82) is 0 Å². The van der Waals surface area contributed by atoms with E-state index < -0.39 is 11.2 Å². The average Bonchev–Trinajstić information content (AvgIpc) is 2.58. The van der Waals surface area contributed by atoms with Crippen LogP contribution in [-0.2, 0) is 14.3 Å². The third-order valence-corrected chi connectivity index (χ3v) is 4.90. The van der Waals surface area contributed by atoms with E-state index in [4.69, 9.17) is 21.1 Å². The van der Waals surface area contributed by atoms with Crippen LogP contribution in [0.5, 0.6) is 0 Å². The second-order valence-corrected chi connectivity index (χ2v) is 9.07. The van der Waals surface area contributed by atoms with Gasteiger partial charge in [0.2, 0.25) is 5.78 Å². The van der Waals surface area contributed by atoms with Gasteiger partial charge in [-0.05, 0) is 37.8 Å². The number of ketones is 1. The van der Waals surface area contributed by atoms with Crippen molar-refractivity contribution in [3.8, 4) is 11.8 Å². The molecule has 0 N–H and O–H groups in total. The molecule has 4 heteroatoms. The van der Waals surface area contributed by atoms with Crippen molar-refractivity contribution < 1.29 is 14.3 Å². The fourth-order valence-electron chi connectivity index (χ4n) is 2.57. The maximum absolute atomic E-state index is 12.1. The van der Waals surface area contributed by atoms with E-state index in [1.54, 1.807) is 0 Å². The molecule has 1 saturated heterocycles. The molecule has 0 bridgehead atoms. The summed E-state index contributed by atoms with van der Waals surface area (Å²) in [5.74, 6) is 5.21. The molecule has 27 heavy (non-hydrogen) atoms. The molecule has 2 rings (SSSR count). The second-order valence-electron chi connectivity index (χ2n) is 8.66. The first-order chi connectivity index (χ1) is 12.5. The van der Waals surface area contributed by atoms with Crippen LogP contribution < -0.4 is 0 Å². The number of ether oxygens (including phenoxy) is 2. The first-order valence-electron chi connectivity index (χ1n) is 9.25. The number of hydrogen-bond acceptors (Lipinski definition) is 3. The van der Waals surface area contributed by atoms with Crippen molar-refractivity contribution in [2.75, 3.05) is 13.2 Å². The minimum absolute atomic E-state index is 0.0535. The van der Waals surface area contributed by atoms with Crippen molar-refractivity contribution in [2.45, 2.75) is 53.2 Å². The van der Waals surface area contributed by atoms with Gasteiger partial charge in [0, 0.05) is 22.3 Å². The lowest BCUT2D eigenvalue weighted by molar-refractivity contribution is -0.284. The molecular formula is C23H29ClO3. The lowest BCUT2D eigenvalue weighted by Crippen LogP contribution is -2.46. The summed E-state index contributed by atoms with van der Waals surface area (Å²) in [7, 11) is 0. The van der Waals surface area contributed by atoms with Gasteiger partial charge in [-0.1, -0.05) is 68.6 Å². The topological polar surface area (TPSA) is 35.5 Å². The van der Waals surface area contributed by atoms with Crippen LogP contribution in [-0.4, -0.2) is 24.8 Å². The Bertz CT molecular complexity index is 750. The summed E-state index contributed by atoms with van der Waals surface area (Å²) in [4.78, 5) is 12.1. The molecule has 0 saturated carbocycles. The molecule has 0 amide bonds. The zero-order chi connectivity index (χ0) is 20.1. The van der Waals surface area contributed by atoms with Gasteiger partial charge in [-0.15, -0.1) is 0 Å². The van der Waals surface area contributed by atoms with Gasteiger partial charge in [-0.2, -0.15) is 0 Å². The van der Waals surface area contributed by atoms with Gasteiger partial charge in [0.1, 0.15) is 0 Å². The summed E-state index contributed by atoms with van der Waals surface area (Å²) in [5.41, 5.74) is 0.241. The van der Waals surface area contributed by atoms with Crippen molar-refractivity contribution in [2.24, 2.45) is 10.8 Å². The largest absolute Gasteiger partial charge is 0.350 e. The molecule has 1 aromatic carbocycles. The van der Waals surface area contributed by atoms with Gasteiger partial charge >= 0.3 is 0 Å². The number of halogens is 1. The highest BCUT2D eigenvalue weighted by atomic mass is 35.5. The van der Waals surface area contributed by atoms with Crippen LogP contribution in [0.1, 0.15) is 53.0 Å². The number of allylic oxidation sites excluding steroid dienone is 1. The van der Waals surface area contributed by atoms with Crippen LogP contribution in [0.15, 0.2) is 30.3 Å². The predicted molar refractivity (Wildman–Crippen MR) is 110 cm³/mol. The van der Waals surface area contributed by atoms with Gasteiger partial charge in [-0.25, -0.2) is 0 Å². The summed E-state index contributed by atoms with van der Waals surface area (Å²) < 4.78 is 11.8. The molecule has 0 aromatic heterocycles. The third-order valence-electron chi connectivity index (χ3n) is 4.55. The van der Waals surface area contributed by atoms with Gasteiger partial charge < -0.3 is 9.47 Å². The molecule has 0 spiro atoms. The average molecular weight is 389 g/mol. The molecule has 0 unspecified atom stereocenters. The zero-order valence-electron chi connectivity index (χ0n) is 16.9. The van der Waals surface area contributed by atoms with Crippen molar-refractivity contribution in [3.63, 3.8) is 0 Å². The molecule has 0 radical (unpaired) electrons. The summed E-state index contributed by atoms with van der Waals surface area (Å²) in [5, 5.41) is 0.718. The Kier molecular flexibility index (Phi) is 6.92. The fourth-order valence-corrected chi connectivity index (χ4v) is 2.77. The summed E-state index contributed by atoms with van der Waals surface area (Å²) in [6.45, 7) is 10.5. The van der Waals surface area contributed by atoms with E-state index in [1.165, 1.54) is 0 Å². The van der Waals surface area contributed by atoms with E-state index in [0.717, 1.165) is 17.0 Å². The third kappa shape index (κ3) is 6.50.